The summed E-state index contributed by atoms with van der Waals surface area (Å²) in [5, 5.41) is 4.56. The fourth-order valence-corrected chi connectivity index (χ4v) is 14.7. The standard InChI is InChI=1S/C67H69BN2O2/c1-38-32-47-50(66(10,11)30-28-63(47,4)5)36-53(38)69-58-52(25-23-42-40-18-14-16-20-55(40)71-60(42)58)68-57-44(34-45-41-19-15-17-21-56(41)72-61(45)59(57)69)43-35-49-51(67(12,13)31-29-65(49,8)9)37-54(43)70(68)39-22-24-46-48(33-39)64(6,7)27-26-62(46,2)3/h14-25,32-37H,26-31H2,1-13H3. The molecule has 0 fully saturated rings. The molecule has 2 aromatic heterocycles. The molecule has 0 saturated carbocycles. The topological polar surface area (TPSA) is 32.8 Å². The molecular weight excluding hydrogens is 876 g/mol. The number of benzene rings is 7. The molecule has 0 radical (unpaired) electrons. The molecule has 0 atom stereocenters. The van der Waals surface area contributed by atoms with Crippen molar-refractivity contribution < 1.29 is 8.83 Å². The molecule has 4 heterocycles. The second kappa shape index (κ2) is 14.1. The molecule has 2 aliphatic heterocycles. The first kappa shape index (κ1) is 44.5. The fourth-order valence-electron chi connectivity index (χ4n) is 14.7. The lowest BCUT2D eigenvalue weighted by Gasteiger charge is -2.49. The molecule has 14 rings (SSSR count). The Morgan fingerprint density at radius 2 is 0.903 bits per heavy atom. The molecule has 4 nitrogen and oxygen atoms in total. The number of rotatable bonds is 2. The lowest BCUT2D eigenvalue weighted by atomic mass is 9.43. The Morgan fingerprint density at radius 3 is 1.50 bits per heavy atom. The largest absolute Gasteiger partial charge is 0.454 e. The summed E-state index contributed by atoms with van der Waals surface area (Å²) in [7, 11) is 0. The minimum absolute atomic E-state index is 0.00513. The van der Waals surface area contributed by atoms with Crippen molar-refractivity contribution in [3.63, 3.8) is 0 Å². The molecule has 3 aliphatic carbocycles. The predicted molar refractivity (Wildman–Crippen MR) is 305 cm³/mol. The summed E-state index contributed by atoms with van der Waals surface area (Å²) in [6, 6.07) is 42.6. The van der Waals surface area contributed by atoms with Gasteiger partial charge in [-0.1, -0.05) is 144 Å². The van der Waals surface area contributed by atoms with Crippen molar-refractivity contribution in [2.75, 3.05) is 9.71 Å². The van der Waals surface area contributed by atoms with Crippen LogP contribution in [0.2, 0.25) is 0 Å². The van der Waals surface area contributed by atoms with Crippen molar-refractivity contribution in [3.05, 3.63) is 148 Å². The molecule has 0 spiro atoms. The number of aryl methyl sites for hydroxylation is 1. The molecule has 9 aromatic rings. The molecule has 362 valence electrons. The highest BCUT2D eigenvalue weighted by molar-refractivity contribution is 6.94. The first-order chi connectivity index (χ1) is 34.1. The molecule has 72 heavy (non-hydrogen) atoms. The zero-order valence-electron chi connectivity index (χ0n) is 44.9. The summed E-state index contributed by atoms with van der Waals surface area (Å²) in [5.41, 5.74) is 24.9. The minimum atomic E-state index is -0.215. The van der Waals surface area contributed by atoms with E-state index in [1.54, 1.807) is 0 Å². The Kier molecular flexibility index (Phi) is 8.71. The van der Waals surface area contributed by atoms with Crippen LogP contribution in [-0.4, -0.2) is 6.85 Å². The summed E-state index contributed by atoms with van der Waals surface area (Å²) in [6.45, 7) is 31.7. The van der Waals surface area contributed by atoms with Crippen molar-refractivity contribution in [3.8, 4) is 11.1 Å². The first-order valence-electron chi connectivity index (χ1n) is 27.1. The first-order valence-corrected chi connectivity index (χ1v) is 27.1. The van der Waals surface area contributed by atoms with Gasteiger partial charge in [0, 0.05) is 44.2 Å². The van der Waals surface area contributed by atoms with Crippen LogP contribution in [0.25, 0.3) is 55.0 Å². The molecule has 0 N–H and O–H groups in total. The maximum Gasteiger partial charge on any atom is 0.333 e. The van der Waals surface area contributed by atoms with Gasteiger partial charge in [0.25, 0.3) is 0 Å². The summed E-state index contributed by atoms with van der Waals surface area (Å²) in [5.74, 6) is 0. The van der Waals surface area contributed by atoms with Crippen molar-refractivity contribution in [2.45, 2.75) is 161 Å². The Hall–Kier alpha value is -6.20. The Labute approximate surface area is 426 Å². The quantitative estimate of drug-likeness (QED) is 0.162. The lowest BCUT2D eigenvalue weighted by molar-refractivity contribution is 0.332. The number of para-hydroxylation sites is 2. The van der Waals surface area contributed by atoms with E-state index in [2.05, 4.69) is 209 Å². The smallest absolute Gasteiger partial charge is 0.333 e. The van der Waals surface area contributed by atoms with Crippen LogP contribution in [0.5, 0.6) is 0 Å². The summed E-state index contributed by atoms with van der Waals surface area (Å²) >= 11 is 0. The van der Waals surface area contributed by atoms with Gasteiger partial charge in [-0.15, -0.1) is 0 Å². The van der Waals surface area contributed by atoms with Gasteiger partial charge in [-0.25, -0.2) is 0 Å². The van der Waals surface area contributed by atoms with Crippen LogP contribution in [0.15, 0.2) is 118 Å². The average molecular weight is 945 g/mol. The van der Waals surface area contributed by atoms with Crippen LogP contribution in [0, 0.1) is 6.92 Å². The van der Waals surface area contributed by atoms with Crippen LogP contribution in [-0.2, 0) is 32.5 Å². The summed E-state index contributed by atoms with van der Waals surface area (Å²) < 4.78 is 14.7. The highest BCUT2D eigenvalue weighted by Gasteiger charge is 2.51. The van der Waals surface area contributed by atoms with Gasteiger partial charge in [-0.3, -0.25) is 0 Å². The van der Waals surface area contributed by atoms with Gasteiger partial charge in [-0.2, -0.15) is 0 Å². The van der Waals surface area contributed by atoms with E-state index in [0.29, 0.717) is 0 Å². The van der Waals surface area contributed by atoms with Crippen molar-refractivity contribution in [2.24, 2.45) is 0 Å². The molecule has 0 unspecified atom stereocenters. The zero-order chi connectivity index (χ0) is 50.0. The lowest BCUT2D eigenvalue weighted by Crippen LogP contribution is -2.62. The zero-order valence-corrected chi connectivity index (χ0v) is 44.9. The van der Waals surface area contributed by atoms with Gasteiger partial charge in [0.1, 0.15) is 11.2 Å². The van der Waals surface area contributed by atoms with Gasteiger partial charge < -0.3 is 18.5 Å². The van der Waals surface area contributed by atoms with E-state index in [9.17, 15) is 0 Å². The number of furan rings is 2. The van der Waals surface area contributed by atoms with E-state index >= 15 is 0 Å². The summed E-state index contributed by atoms with van der Waals surface area (Å²) in [4.78, 5) is 5.39. The summed E-state index contributed by atoms with van der Waals surface area (Å²) in [6.07, 6.45) is 6.92. The number of nitrogens with zero attached hydrogens (tertiary/aromatic N) is 2. The van der Waals surface area contributed by atoms with Crippen LogP contribution >= 0.6 is 0 Å². The van der Waals surface area contributed by atoms with Gasteiger partial charge in [0.05, 0.1) is 11.4 Å². The number of fused-ring (bicyclic) bond motifs is 15. The van der Waals surface area contributed by atoms with Crippen LogP contribution in [0.3, 0.4) is 0 Å². The third-order valence-electron chi connectivity index (χ3n) is 19.6. The molecule has 5 heteroatoms. The van der Waals surface area contributed by atoms with Crippen LogP contribution in [0.1, 0.15) is 161 Å². The SMILES string of the molecule is Cc1cc2c(cc1N1c3c(ccc4c3oc3ccccc34)B3c4c(cc5c(oc6ccccc65)c41)-c1cc4c(cc1N3c1ccc3c(c1)C(C)(C)CCC3(C)C)C(C)(C)CCC4(C)C)C(C)(C)CCC2(C)C. The minimum Gasteiger partial charge on any atom is -0.454 e. The maximum absolute atomic E-state index is 7.40. The highest BCUT2D eigenvalue weighted by atomic mass is 16.3. The van der Waals surface area contributed by atoms with E-state index in [1.807, 2.05) is 0 Å². The van der Waals surface area contributed by atoms with E-state index < -0.39 is 0 Å². The number of anilines is 5. The molecule has 5 aliphatic rings. The van der Waals surface area contributed by atoms with Crippen LogP contribution < -0.4 is 20.6 Å². The normalized spacial score (nSPS) is 20.3. The Balaban J connectivity index is 1.19. The average Bonchev–Trinajstić information content (AvgIpc) is 3.92. The third kappa shape index (κ3) is 5.88. The van der Waals surface area contributed by atoms with Crippen molar-refractivity contribution in [1.29, 1.82) is 0 Å². The van der Waals surface area contributed by atoms with E-state index in [1.165, 1.54) is 84.5 Å². The molecule has 0 saturated heterocycles. The van der Waals surface area contributed by atoms with Crippen molar-refractivity contribution in [1.82, 2.24) is 0 Å². The second-order valence-corrected chi connectivity index (χ2v) is 26.9. The van der Waals surface area contributed by atoms with Gasteiger partial charge >= 0.3 is 6.85 Å². The van der Waals surface area contributed by atoms with E-state index in [-0.39, 0.29) is 39.3 Å². The number of hydrogen-bond donors (Lipinski definition) is 0. The van der Waals surface area contributed by atoms with Crippen LogP contribution in [0.4, 0.5) is 28.4 Å². The molecule has 0 amide bonds. The Bertz CT molecular complexity index is 3870. The Morgan fingerprint density at radius 1 is 0.417 bits per heavy atom. The fraction of sp³-hybridized carbons (Fsp3) is 0.373. The maximum atomic E-state index is 7.40. The van der Waals surface area contributed by atoms with Gasteiger partial charge in [0.15, 0.2) is 11.2 Å². The predicted octanol–water partition coefficient (Wildman–Crippen LogP) is 17.5. The monoisotopic (exact) mass is 945 g/mol. The van der Waals surface area contributed by atoms with Gasteiger partial charge in [0.2, 0.25) is 0 Å². The molecular formula is C67H69BN2O2. The van der Waals surface area contributed by atoms with E-state index in [4.69, 9.17) is 8.83 Å². The van der Waals surface area contributed by atoms with Crippen molar-refractivity contribution >= 4 is 90.1 Å². The third-order valence-corrected chi connectivity index (χ3v) is 19.6. The number of hydrogen-bond acceptors (Lipinski definition) is 4. The molecule has 0 bridgehead atoms. The highest BCUT2D eigenvalue weighted by Crippen LogP contribution is 2.58. The van der Waals surface area contributed by atoms with Gasteiger partial charge in [-0.05, 0) is 182 Å². The van der Waals surface area contributed by atoms with E-state index in [0.717, 1.165) is 87.4 Å². The molecule has 7 aromatic carbocycles. The second-order valence-electron chi connectivity index (χ2n) is 26.9.